The largest absolute Gasteiger partial charge is 0.507 e. The van der Waals surface area contributed by atoms with E-state index in [1.54, 1.807) is 26.0 Å². The van der Waals surface area contributed by atoms with Crippen molar-refractivity contribution in [1.29, 1.82) is 0 Å². The van der Waals surface area contributed by atoms with Gasteiger partial charge in [0, 0.05) is 33.4 Å². The molecule has 1 fully saturated rings. The number of phenolic OH excluding ortho intramolecular Hbond substituents is 2. The first-order valence-electron chi connectivity index (χ1n) is 9.32. The van der Waals surface area contributed by atoms with Gasteiger partial charge in [-0.05, 0) is 32.9 Å². The lowest BCUT2D eigenvalue weighted by Gasteiger charge is -2.29. The molecule has 2 aliphatic carbocycles. The quantitative estimate of drug-likeness (QED) is 0.657. The minimum atomic E-state index is -1.12. The van der Waals surface area contributed by atoms with Gasteiger partial charge in [0.1, 0.15) is 29.8 Å². The average molecular weight is 394 g/mol. The molecule has 2 N–H and O–H groups in total. The summed E-state index contributed by atoms with van der Waals surface area (Å²) in [6, 6.07) is 5.82. The highest BCUT2D eigenvalue weighted by molar-refractivity contribution is 6.26. The van der Waals surface area contributed by atoms with Crippen LogP contribution in [0.4, 0.5) is 0 Å². The molecule has 0 aromatic heterocycles. The van der Waals surface area contributed by atoms with Crippen LogP contribution < -0.4 is 0 Å². The second kappa shape index (κ2) is 5.52. The van der Waals surface area contributed by atoms with Crippen LogP contribution in [0.1, 0.15) is 58.7 Å². The zero-order valence-electron chi connectivity index (χ0n) is 16.0. The van der Waals surface area contributed by atoms with Crippen LogP contribution in [0.2, 0.25) is 0 Å². The van der Waals surface area contributed by atoms with E-state index in [-0.39, 0.29) is 50.9 Å². The van der Waals surface area contributed by atoms with Gasteiger partial charge in [-0.2, -0.15) is 0 Å². The van der Waals surface area contributed by atoms with E-state index in [0.717, 1.165) is 0 Å². The third-order valence-corrected chi connectivity index (χ3v) is 6.15. The summed E-state index contributed by atoms with van der Waals surface area (Å²) in [6.07, 6.45) is -2.24. The second-order valence-electron chi connectivity index (χ2n) is 7.92. The zero-order chi connectivity index (χ0) is 20.8. The van der Waals surface area contributed by atoms with E-state index in [0.29, 0.717) is 5.56 Å². The van der Waals surface area contributed by atoms with E-state index in [9.17, 15) is 24.6 Å². The summed E-state index contributed by atoms with van der Waals surface area (Å²) in [6.45, 7) is 4.62. The molecular formula is C22H18O7. The fourth-order valence-electron chi connectivity index (χ4n) is 4.42. The van der Waals surface area contributed by atoms with E-state index >= 15 is 0 Å². The van der Waals surface area contributed by atoms with Gasteiger partial charge in [-0.25, -0.2) is 0 Å². The van der Waals surface area contributed by atoms with Crippen LogP contribution in [0.3, 0.4) is 0 Å². The number of ether oxygens (including phenoxy) is 2. The lowest BCUT2D eigenvalue weighted by molar-refractivity contribution is -0.132. The summed E-state index contributed by atoms with van der Waals surface area (Å²) >= 11 is 0. The molecule has 0 saturated carbocycles. The molecule has 29 heavy (non-hydrogen) atoms. The molecule has 4 atom stereocenters. The van der Waals surface area contributed by atoms with Gasteiger partial charge in [0.05, 0.1) is 0 Å². The van der Waals surface area contributed by atoms with Crippen molar-refractivity contribution in [3.8, 4) is 22.6 Å². The number of hydrogen-bond donors (Lipinski definition) is 2. The normalized spacial score (nSPS) is 27.0. The SMILES string of the molecule is CC(=O)C(C)O[C@@H]1c2c(cc(O)c3c2C(=O)c2cccc(O)c2-3)C(=O)[C@@]2(C)O[C@@H]12. The Morgan fingerprint density at radius 1 is 1.14 bits per heavy atom. The Bertz CT molecular complexity index is 1150. The zero-order valence-corrected chi connectivity index (χ0v) is 16.0. The Balaban J connectivity index is 1.80. The topological polar surface area (TPSA) is 113 Å². The first-order valence-corrected chi connectivity index (χ1v) is 9.32. The average Bonchev–Trinajstić information content (AvgIpc) is 3.28. The minimum absolute atomic E-state index is 0.114. The van der Waals surface area contributed by atoms with Crippen LogP contribution in [0.5, 0.6) is 11.5 Å². The summed E-state index contributed by atoms with van der Waals surface area (Å²) < 4.78 is 11.6. The number of aromatic hydroxyl groups is 2. The molecule has 0 bridgehead atoms. The highest BCUT2D eigenvalue weighted by Crippen LogP contribution is 2.58. The Morgan fingerprint density at radius 3 is 2.55 bits per heavy atom. The fraction of sp³-hybridized carbons (Fsp3) is 0.318. The number of hydrogen-bond acceptors (Lipinski definition) is 7. The first-order chi connectivity index (χ1) is 13.7. The van der Waals surface area contributed by atoms with Crippen LogP contribution in [0, 0.1) is 0 Å². The van der Waals surface area contributed by atoms with Crippen LogP contribution >= 0.6 is 0 Å². The van der Waals surface area contributed by atoms with E-state index in [4.69, 9.17) is 9.47 Å². The maximum absolute atomic E-state index is 13.2. The molecule has 7 heteroatoms. The smallest absolute Gasteiger partial charge is 0.197 e. The molecule has 3 aliphatic rings. The van der Waals surface area contributed by atoms with Crippen LogP contribution in [-0.2, 0) is 14.3 Å². The summed E-state index contributed by atoms with van der Waals surface area (Å²) in [5, 5.41) is 21.0. The molecule has 1 saturated heterocycles. The lowest BCUT2D eigenvalue weighted by Crippen LogP contribution is -2.37. The van der Waals surface area contributed by atoms with E-state index in [1.165, 1.54) is 19.1 Å². The standard InChI is InChI=1S/C22H18O7/c1-8(23)9(2)28-19-15-11(20(27)22(3)21(19)29-22)7-13(25)16-14-10(18(26)17(15)16)5-4-6-12(14)24/h4-7,9,19,21,24-25H,1-3H3/t9?,19-,21+,22-/m1/s1. The van der Waals surface area contributed by atoms with Crippen LogP contribution in [0.25, 0.3) is 11.1 Å². The predicted octanol–water partition coefficient (Wildman–Crippen LogP) is 2.70. The molecule has 0 radical (unpaired) electrons. The van der Waals surface area contributed by atoms with Crippen LogP contribution in [0.15, 0.2) is 24.3 Å². The molecule has 2 aromatic carbocycles. The van der Waals surface area contributed by atoms with Gasteiger partial charge < -0.3 is 19.7 Å². The number of benzene rings is 2. The van der Waals surface area contributed by atoms with Gasteiger partial charge >= 0.3 is 0 Å². The van der Waals surface area contributed by atoms with Crippen molar-refractivity contribution in [3.63, 3.8) is 0 Å². The van der Waals surface area contributed by atoms with Crippen molar-refractivity contribution in [2.45, 2.75) is 44.7 Å². The molecule has 0 amide bonds. The van der Waals surface area contributed by atoms with Crippen molar-refractivity contribution in [2.75, 3.05) is 0 Å². The fourth-order valence-corrected chi connectivity index (χ4v) is 4.42. The lowest BCUT2D eigenvalue weighted by atomic mass is 9.78. The van der Waals surface area contributed by atoms with Crippen molar-refractivity contribution in [2.24, 2.45) is 0 Å². The number of Topliss-reactive ketones (excluding diaryl/α,β-unsaturated/α-hetero) is 2. The summed E-state index contributed by atoms with van der Waals surface area (Å²) in [4.78, 5) is 38.1. The van der Waals surface area contributed by atoms with E-state index in [1.807, 2.05) is 0 Å². The Morgan fingerprint density at radius 2 is 1.86 bits per heavy atom. The maximum atomic E-state index is 13.2. The molecule has 7 nitrogen and oxygen atoms in total. The molecule has 148 valence electrons. The third-order valence-electron chi connectivity index (χ3n) is 6.15. The maximum Gasteiger partial charge on any atom is 0.197 e. The number of epoxide rings is 1. The number of ketones is 3. The van der Waals surface area contributed by atoms with Crippen molar-refractivity contribution in [1.82, 2.24) is 0 Å². The molecule has 2 aromatic rings. The number of rotatable bonds is 3. The number of phenols is 2. The van der Waals surface area contributed by atoms with Crippen molar-refractivity contribution >= 4 is 17.3 Å². The van der Waals surface area contributed by atoms with Crippen LogP contribution in [-0.4, -0.2) is 45.4 Å². The molecular weight excluding hydrogens is 376 g/mol. The number of carbonyl (C=O) groups is 3. The molecule has 0 spiro atoms. The van der Waals surface area contributed by atoms with Gasteiger partial charge in [-0.3, -0.25) is 14.4 Å². The van der Waals surface area contributed by atoms with E-state index < -0.39 is 29.7 Å². The third kappa shape index (κ3) is 2.17. The number of fused-ring (bicyclic) bond motifs is 6. The predicted molar refractivity (Wildman–Crippen MR) is 100 cm³/mol. The van der Waals surface area contributed by atoms with Gasteiger partial charge in [0.2, 0.25) is 0 Å². The Labute approximate surface area is 165 Å². The van der Waals surface area contributed by atoms with Crippen molar-refractivity contribution < 1.29 is 34.1 Å². The highest BCUT2D eigenvalue weighted by Gasteiger charge is 2.67. The summed E-state index contributed by atoms with van der Waals surface area (Å²) in [5.41, 5.74) is 0.0654. The minimum Gasteiger partial charge on any atom is -0.507 e. The molecule has 5 rings (SSSR count). The summed E-state index contributed by atoms with van der Waals surface area (Å²) in [5.74, 6) is -1.39. The molecule has 1 aliphatic heterocycles. The van der Waals surface area contributed by atoms with Gasteiger partial charge in [0.25, 0.3) is 0 Å². The summed E-state index contributed by atoms with van der Waals surface area (Å²) in [7, 11) is 0. The van der Waals surface area contributed by atoms with Crippen molar-refractivity contribution in [3.05, 3.63) is 46.5 Å². The first kappa shape index (κ1) is 18.0. The Kier molecular flexibility index (Phi) is 3.43. The second-order valence-corrected chi connectivity index (χ2v) is 7.92. The highest BCUT2D eigenvalue weighted by atomic mass is 16.6. The van der Waals surface area contributed by atoms with Gasteiger partial charge in [-0.15, -0.1) is 0 Å². The molecule has 1 unspecified atom stereocenters. The van der Waals surface area contributed by atoms with Gasteiger partial charge in [0.15, 0.2) is 23.0 Å². The number of carbonyl (C=O) groups excluding carboxylic acids is 3. The van der Waals surface area contributed by atoms with Gasteiger partial charge in [-0.1, -0.05) is 12.1 Å². The Hall–Kier alpha value is -3.03. The molecule has 1 heterocycles. The van der Waals surface area contributed by atoms with E-state index in [2.05, 4.69) is 0 Å². The monoisotopic (exact) mass is 394 g/mol.